The second-order valence-electron chi connectivity index (χ2n) is 4.19. The number of aromatic nitrogens is 4. The molecule has 1 atom stereocenters. The molecule has 0 aliphatic heterocycles. The van der Waals surface area contributed by atoms with Gasteiger partial charge in [0.05, 0.1) is 6.04 Å². The molecule has 0 bridgehead atoms. The molecule has 0 saturated carbocycles. The predicted octanol–water partition coefficient (Wildman–Crippen LogP) is 1.49. The van der Waals surface area contributed by atoms with Gasteiger partial charge in [0.1, 0.15) is 12.2 Å². The Morgan fingerprint density at radius 2 is 2.29 bits per heavy atom. The lowest BCUT2D eigenvalue weighted by molar-refractivity contribution is 0.513. The summed E-state index contributed by atoms with van der Waals surface area (Å²) < 4.78 is 4.17. The normalized spacial score (nSPS) is 12.9. The molecule has 1 N–H and O–H groups in total. The summed E-state index contributed by atoms with van der Waals surface area (Å²) in [7, 11) is 1.96. The highest BCUT2D eigenvalue weighted by atomic mass is 15.3. The average Bonchev–Trinajstić information content (AvgIpc) is 2.94. The molecule has 5 nitrogen and oxygen atoms in total. The Labute approximate surface area is 101 Å². The number of rotatable bonds is 5. The third-order valence-electron chi connectivity index (χ3n) is 2.99. The van der Waals surface area contributed by atoms with E-state index in [1.807, 2.05) is 11.6 Å². The monoisotopic (exact) mass is 233 g/mol. The van der Waals surface area contributed by atoms with Crippen molar-refractivity contribution in [3.63, 3.8) is 0 Å². The molecular formula is C12H19N5. The van der Waals surface area contributed by atoms with E-state index in [1.54, 1.807) is 6.33 Å². The van der Waals surface area contributed by atoms with Crippen LogP contribution in [0.15, 0.2) is 24.7 Å². The van der Waals surface area contributed by atoms with Gasteiger partial charge in [0.15, 0.2) is 0 Å². The predicted molar refractivity (Wildman–Crippen MR) is 66.4 cm³/mol. The highest BCUT2D eigenvalue weighted by Crippen LogP contribution is 2.09. The maximum atomic E-state index is 4.10. The van der Waals surface area contributed by atoms with Crippen LogP contribution in [-0.4, -0.2) is 19.3 Å². The van der Waals surface area contributed by atoms with Gasteiger partial charge in [0, 0.05) is 32.0 Å². The van der Waals surface area contributed by atoms with E-state index in [0.717, 1.165) is 18.9 Å². The van der Waals surface area contributed by atoms with Crippen molar-refractivity contribution in [1.29, 1.82) is 0 Å². The van der Waals surface area contributed by atoms with E-state index in [2.05, 4.69) is 52.3 Å². The Morgan fingerprint density at radius 1 is 1.47 bits per heavy atom. The molecule has 17 heavy (non-hydrogen) atoms. The van der Waals surface area contributed by atoms with Crippen molar-refractivity contribution in [2.45, 2.75) is 33.0 Å². The molecule has 0 amide bonds. The molecule has 2 aromatic heterocycles. The molecule has 0 radical (unpaired) electrons. The summed E-state index contributed by atoms with van der Waals surface area (Å²) >= 11 is 0. The van der Waals surface area contributed by atoms with Gasteiger partial charge in [-0.3, -0.25) is 0 Å². The largest absolute Gasteiger partial charge is 0.351 e. The molecule has 1 unspecified atom stereocenters. The lowest BCUT2D eigenvalue weighted by atomic mass is 10.3. The Morgan fingerprint density at radius 3 is 2.94 bits per heavy atom. The number of nitrogens with one attached hydrogen (secondary N) is 1. The fourth-order valence-electron chi connectivity index (χ4n) is 1.95. The second-order valence-corrected chi connectivity index (χ2v) is 4.19. The second kappa shape index (κ2) is 5.14. The Balaban J connectivity index is 1.97. The van der Waals surface area contributed by atoms with Gasteiger partial charge in [0.25, 0.3) is 0 Å². The van der Waals surface area contributed by atoms with Crippen LogP contribution in [0.3, 0.4) is 0 Å². The summed E-state index contributed by atoms with van der Waals surface area (Å²) in [6.45, 7) is 6.09. The first-order valence-electron chi connectivity index (χ1n) is 5.93. The highest BCUT2D eigenvalue weighted by Gasteiger charge is 2.11. The number of aryl methyl sites for hydroxylation is 2. The molecule has 0 aliphatic carbocycles. The quantitative estimate of drug-likeness (QED) is 0.851. The van der Waals surface area contributed by atoms with Crippen LogP contribution in [-0.2, 0) is 20.1 Å². The molecule has 0 fully saturated rings. The molecule has 5 heteroatoms. The standard InChI is InChI=1S/C12H19N5/c1-4-17-7-5-6-11(17)8-13-10(2)12-15-14-9-16(12)3/h5-7,9-10,13H,4,8H2,1-3H3. The van der Waals surface area contributed by atoms with E-state index < -0.39 is 0 Å². The molecular weight excluding hydrogens is 214 g/mol. The molecule has 0 aromatic carbocycles. The van der Waals surface area contributed by atoms with Gasteiger partial charge in [-0.1, -0.05) is 0 Å². The van der Waals surface area contributed by atoms with E-state index in [0.29, 0.717) is 0 Å². The third kappa shape index (κ3) is 2.55. The van der Waals surface area contributed by atoms with E-state index >= 15 is 0 Å². The SMILES string of the molecule is CCn1cccc1CNC(C)c1nncn1C. The van der Waals surface area contributed by atoms with Crippen LogP contribution < -0.4 is 5.32 Å². The minimum Gasteiger partial charge on any atom is -0.351 e. The van der Waals surface area contributed by atoms with Crippen LogP contribution in [0.1, 0.15) is 31.4 Å². The minimum absolute atomic E-state index is 0.197. The first kappa shape index (κ1) is 11.9. The zero-order valence-corrected chi connectivity index (χ0v) is 10.6. The fraction of sp³-hybridized carbons (Fsp3) is 0.500. The number of hydrogen-bond acceptors (Lipinski definition) is 3. The van der Waals surface area contributed by atoms with Gasteiger partial charge in [-0.15, -0.1) is 10.2 Å². The first-order valence-corrected chi connectivity index (χ1v) is 5.93. The average molecular weight is 233 g/mol. The van der Waals surface area contributed by atoms with E-state index in [4.69, 9.17) is 0 Å². The Kier molecular flexibility index (Phi) is 3.58. The topological polar surface area (TPSA) is 47.7 Å². The van der Waals surface area contributed by atoms with E-state index in [9.17, 15) is 0 Å². The van der Waals surface area contributed by atoms with Gasteiger partial charge in [-0.25, -0.2) is 0 Å². The first-order chi connectivity index (χ1) is 8.22. The van der Waals surface area contributed by atoms with E-state index in [1.165, 1.54) is 5.69 Å². The van der Waals surface area contributed by atoms with E-state index in [-0.39, 0.29) is 6.04 Å². The zero-order valence-electron chi connectivity index (χ0n) is 10.6. The highest BCUT2D eigenvalue weighted by molar-refractivity contribution is 5.07. The third-order valence-corrected chi connectivity index (χ3v) is 2.99. The summed E-state index contributed by atoms with van der Waals surface area (Å²) in [5.41, 5.74) is 1.29. The Hall–Kier alpha value is -1.62. The fourth-order valence-corrected chi connectivity index (χ4v) is 1.95. The van der Waals surface area contributed by atoms with Crippen LogP contribution in [0.25, 0.3) is 0 Å². The maximum Gasteiger partial charge on any atom is 0.149 e. The summed E-state index contributed by atoms with van der Waals surface area (Å²) in [6.07, 6.45) is 3.83. The van der Waals surface area contributed by atoms with Crippen molar-refractivity contribution in [2.24, 2.45) is 7.05 Å². The molecule has 0 saturated heterocycles. The minimum atomic E-state index is 0.197. The van der Waals surface area contributed by atoms with Gasteiger partial charge < -0.3 is 14.5 Å². The molecule has 2 heterocycles. The van der Waals surface area contributed by atoms with Crippen molar-refractivity contribution < 1.29 is 0 Å². The molecule has 0 aliphatic rings. The summed E-state index contributed by atoms with van der Waals surface area (Å²) in [6, 6.07) is 4.41. The number of hydrogen-bond donors (Lipinski definition) is 1. The smallest absolute Gasteiger partial charge is 0.149 e. The summed E-state index contributed by atoms with van der Waals surface area (Å²) in [4.78, 5) is 0. The van der Waals surface area contributed by atoms with Crippen molar-refractivity contribution in [3.05, 3.63) is 36.2 Å². The van der Waals surface area contributed by atoms with Crippen molar-refractivity contribution in [2.75, 3.05) is 0 Å². The maximum absolute atomic E-state index is 4.10. The van der Waals surface area contributed by atoms with Gasteiger partial charge >= 0.3 is 0 Å². The molecule has 2 aromatic rings. The van der Waals surface area contributed by atoms with Crippen LogP contribution in [0.4, 0.5) is 0 Å². The summed E-state index contributed by atoms with van der Waals surface area (Å²) in [5, 5.41) is 11.4. The number of nitrogens with zero attached hydrogens (tertiary/aromatic N) is 4. The van der Waals surface area contributed by atoms with Crippen molar-refractivity contribution in [1.82, 2.24) is 24.6 Å². The van der Waals surface area contributed by atoms with Crippen molar-refractivity contribution in [3.8, 4) is 0 Å². The summed E-state index contributed by atoms with van der Waals surface area (Å²) in [5.74, 6) is 0.958. The molecule has 2 rings (SSSR count). The lowest BCUT2D eigenvalue weighted by Crippen LogP contribution is -2.22. The van der Waals surface area contributed by atoms with Crippen LogP contribution in [0.5, 0.6) is 0 Å². The van der Waals surface area contributed by atoms with Crippen LogP contribution in [0, 0.1) is 0 Å². The van der Waals surface area contributed by atoms with Gasteiger partial charge in [-0.2, -0.15) is 0 Å². The van der Waals surface area contributed by atoms with Crippen molar-refractivity contribution >= 4 is 0 Å². The molecule has 0 spiro atoms. The zero-order chi connectivity index (χ0) is 12.3. The molecule has 92 valence electrons. The van der Waals surface area contributed by atoms with Gasteiger partial charge in [0.2, 0.25) is 0 Å². The Bertz CT molecular complexity index is 471. The van der Waals surface area contributed by atoms with Crippen LogP contribution >= 0.6 is 0 Å². The van der Waals surface area contributed by atoms with Crippen LogP contribution in [0.2, 0.25) is 0 Å². The van der Waals surface area contributed by atoms with Gasteiger partial charge in [-0.05, 0) is 26.0 Å². The lowest BCUT2D eigenvalue weighted by Gasteiger charge is -2.14.